The normalized spacial score (nSPS) is 10.5. The summed E-state index contributed by atoms with van der Waals surface area (Å²) in [6, 6.07) is 5.20. The van der Waals surface area contributed by atoms with Gasteiger partial charge < -0.3 is 10.3 Å². The summed E-state index contributed by atoms with van der Waals surface area (Å²) in [6.07, 6.45) is 4.43. The smallest absolute Gasteiger partial charge is 0.251 e. The Morgan fingerprint density at radius 2 is 2.33 bits per heavy atom. The molecule has 0 fully saturated rings. The minimum absolute atomic E-state index is 0.142. The van der Waals surface area contributed by atoms with Crippen molar-refractivity contribution in [2.24, 2.45) is 0 Å². The molecule has 2 aromatic heterocycles. The predicted octanol–water partition coefficient (Wildman–Crippen LogP) is 1.33. The second-order valence-corrected chi connectivity index (χ2v) is 4.00. The number of nitrogens with one attached hydrogen (secondary N) is 2. The number of aromatic amines is 1. The van der Waals surface area contributed by atoms with Crippen molar-refractivity contribution < 1.29 is 0 Å². The zero-order valence-corrected chi connectivity index (χ0v) is 10.3. The van der Waals surface area contributed by atoms with Crippen LogP contribution in [-0.4, -0.2) is 21.5 Å². The molecule has 0 atom stereocenters. The summed E-state index contributed by atoms with van der Waals surface area (Å²) in [5, 5.41) is 3.23. The molecule has 0 bridgehead atoms. The molecule has 5 heteroatoms. The van der Waals surface area contributed by atoms with Crippen molar-refractivity contribution >= 4 is 0 Å². The van der Waals surface area contributed by atoms with E-state index in [1.807, 2.05) is 12.1 Å². The lowest BCUT2D eigenvalue weighted by Gasteiger charge is -2.05. The van der Waals surface area contributed by atoms with Gasteiger partial charge in [0, 0.05) is 30.6 Å². The number of hydrogen-bond donors (Lipinski definition) is 2. The Morgan fingerprint density at radius 3 is 3.06 bits per heavy atom. The summed E-state index contributed by atoms with van der Waals surface area (Å²) in [6.45, 7) is 3.61. The van der Waals surface area contributed by atoms with Crippen LogP contribution >= 0.6 is 0 Å². The molecule has 0 spiro atoms. The maximum atomic E-state index is 11.6. The minimum Gasteiger partial charge on any atom is -0.311 e. The average molecular weight is 244 g/mol. The Balaban J connectivity index is 2.24. The first-order valence-corrected chi connectivity index (χ1v) is 6.01. The van der Waals surface area contributed by atoms with E-state index < -0.39 is 0 Å². The second kappa shape index (κ2) is 6.07. The van der Waals surface area contributed by atoms with Crippen molar-refractivity contribution in [2.75, 3.05) is 6.54 Å². The Kier molecular flexibility index (Phi) is 4.20. The fraction of sp³-hybridized carbons (Fsp3) is 0.308. The molecular weight excluding hydrogens is 228 g/mol. The van der Waals surface area contributed by atoms with Crippen LogP contribution in [0.1, 0.15) is 19.0 Å². The summed E-state index contributed by atoms with van der Waals surface area (Å²) in [4.78, 5) is 22.7. The maximum Gasteiger partial charge on any atom is 0.251 e. The highest BCUT2D eigenvalue weighted by Gasteiger charge is 2.03. The van der Waals surface area contributed by atoms with Crippen molar-refractivity contribution in [1.29, 1.82) is 0 Å². The zero-order chi connectivity index (χ0) is 12.8. The van der Waals surface area contributed by atoms with Crippen LogP contribution in [0.4, 0.5) is 0 Å². The number of aromatic nitrogens is 3. The number of hydrogen-bond acceptors (Lipinski definition) is 4. The first-order chi connectivity index (χ1) is 8.79. The lowest BCUT2D eigenvalue weighted by atomic mass is 10.2. The van der Waals surface area contributed by atoms with E-state index in [0.29, 0.717) is 12.4 Å². The number of rotatable bonds is 5. The van der Waals surface area contributed by atoms with Gasteiger partial charge in [-0.3, -0.25) is 9.78 Å². The topological polar surface area (TPSA) is 70.7 Å². The van der Waals surface area contributed by atoms with Gasteiger partial charge in [-0.2, -0.15) is 0 Å². The standard InChI is InChI=1S/C13H16N4O/c1-2-5-14-9-11-7-12(18)17-13(16-11)10-4-3-6-15-8-10/h3-4,6-8,14H,2,5,9H2,1H3,(H,16,17,18). The minimum atomic E-state index is -0.142. The Labute approximate surface area is 105 Å². The van der Waals surface area contributed by atoms with Crippen LogP contribution in [0.5, 0.6) is 0 Å². The molecule has 0 aliphatic carbocycles. The first-order valence-electron chi connectivity index (χ1n) is 6.01. The molecule has 0 radical (unpaired) electrons. The van der Waals surface area contributed by atoms with Crippen LogP contribution in [0.3, 0.4) is 0 Å². The van der Waals surface area contributed by atoms with Crippen LogP contribution < -0.4 is 10.9 Å². The third-order valence-electron chi connectivity index (χ3n) is 2.46. The van der Waals surface area contributed by atoms with Crippen molar-refractivity contribution in [2.45, 2.75) is 19.9 Å². The van der Waals surface area contributed by atoms with Gasteiger partial charge in [-0.1, -0.05) is 6.92 Å². The molecule has 2 N–H and O–H groups in total. The van der Waals surface area contributed by atoms with Crippen LogP contribution in [0.25, 0.3) is 11.4 Å². The van der Waals surface area contributed by atoms with Crippen molar-refractivity contribution in [3.63, 3.8) is 0 Å². The van der Waals surface area contributed by atoms with E-state index in [0.717, 1.165) is 24.2 Å². The molecule has 2 rings (SSSR count). The van der Waals surface area contributed by atoms with E-state index in [-0.39, 0.29) is 5.56 Å². The Morgan fingerprint density at radius 1 is 1.44 bits per heavy atom. The highest BCUT2D eigenvalue weighted by Crippen LogP contribution is 2.10. The SMILES string of the molecule is CCCNCc1cc(=O)[nH]c(-c2cccnc2)n1. The predicted molar refractivity (Wildman–Crippen MR) is 70.1 cm³/mol. The molecular formula is C13H16N4O. The molecule has 0 aromatic carbocycles. The summed E-state index contributed by atoms with van der Waals surface area (Å²) in [5.41, 5.74) is 1.41. The van der Waals surface area contributed by atoms with E-state index in [2.05, 4.69) is 27.2 Å². The molecule has 94 valence electrons. The number of pyridine rings is 1. The maximum absolute atomic E-state index is 11.6. The largest absolute Gasteiger partial charge is 0.311 e. The zero-order valence-electron chi connectivity index (χ0n) is 10.3. The van der Waals surface area contributed by atoms with Gasteiger partial charge in [0.05, 0.1) is 5.69 Å². The fourth-order valence-electron chi connectivity index (χ4n) is 1.63. The summed E-state index contributed by atoms with van der Waals surface area (Å²) < 4.78 is 0. The lowest BCUT2D eigenvalue weighted by Crippen LogP contribution is -2.18. The van der Waals surface area contributed by atoms with Gasteiger partial charge >= 0.3 is 0 Å². The van der Waals surface area contributed by atoms with Crippen LogP contribution in [0, 0.1) is 0 Å². The summed E-state index contributed by atoms with van der Waals surface area (Å²) in [7, 11) is 0. The molecule has 18 heavy (non-hydrogen) atoms. The Bertz CT molecular complexity index is 550. The van der Waals surface area contributed by atoms with Crippen LogP contribution in [0.2, 0.25) is 0 Å². The van der Waals surface area contributed by atoms with E-state index in [9.17, 15) is 4.79 Å². The number of H-pyrrole nitrogens is 1. The monoisotopic (exact) mass is 244 g/mol. The first kappa shape index (κ1) is 12.4. The third kappa shape index (κ3) is 3.24. The molecule has 2 aromatic rings. The van der Waals surface area contributed by atoms with Crippen molar-refractivity contribution in [1.82, 2.24) is 20.3 Å². The molecule has 0 aliphatic rings. The third-order valence-corrected chi connectivity index (χ3v) is 2.46. The van der Waals surface area contributed by atoms with E-state index in [4.69, 9.17) is 0 Å². The molecule has 0 amide bonds. The fourth-order valence-corrected chi connectivity index (χ4v) is 1.63. The highest BCUT2D eigenvalue weighted by atomic mass is 16.1. The van der Waals surface area contributed by atoms with Crippen molar-refractivity contribution in [3.05, 3.63) is 46.6 Å². The molecule has 0 aliphatic heterocycles. The number of nitrogens with zero attached hydrogens (tertiary/aromatic N) is 2. The molecule has 0 unspecified atom stereocenters. The van der Waals surface area contributed by atoms with Gasteiger partial charge in [-0.25, -0.2) is 4.98 Å². The van der Waals surface area contributed by atoms with Gasteiger partial charge in [0.15, 0.2) is 0 Å². The van der Waals surface area contributed by atoms with Crippen LogP contribution in [0.15, 0.2) is 35.4 Å². The lowest BCUT2D eigenvalue weighted by molar-refractivity contribution is 0.662. The van der Waals surface area contributed by atoms with Crippen LogP contribution in [-0.2, 0) is 6.54 Å². The second-order valence-electron chi connectivity index (χ2n) is 4.00. The van der Waals surface area contributed by atoms with Gasteiger partial charge in [0.25, 0.3) is 5.56 Å². The van der Waals surface area contributed by atoms with E-state index >= 15 is 0 Å². The highest BCUT2D eigenvalue weighted by molar-refractivity contribution is 5.52. The molecule has 0 saturated heterocycles. The van der Waals surface area contributed by atoms with Gasteiger partial charge in [0.2, 0.25) is 0 Å². The van der Waals surface area contributed by atoms with E-state index in [1.54, 1.807) is 12.4 Å². The quantitative estimate of drug-likeness (QED) is 0.778. The van der Waals surface area contributed by atoms with Gasteiger partial charge in [0.1, 0.15) is 5.82 Å². The molecule has 0 saturated carbocycles. The van der Waals surface area contributed by atoms with E-state index in [1.165, 1.54) is 6.07 Å². The Hall–Kier alpha value is -2.01. The molecule has 2 heterocycles. The molecule has 5 nitrogen and oxygen atoms in total. The summed E-state index contributed by atoms with van der Waals surface area (Å²) in [5.74, 6) is 0.559. The van der Waals surface area contributed by atoms with Gasteiger partial charge in [-0.05, 0) is 25.1 Å². The summed E-state index contributed by atoms with van der Waals surface area (Å²) >= 11 is 0. The average Bonchev–Trinajstić information content (AvgIpc) is 2.39. The van der Waals surface area contributed by atoms with Crippen molar-refractivity contribution in [3.8, 4) is 11.4 Å². The van der Waals surface area contributed by atoms with Gasteiger partial charge in [-0.15, -0.1) is 0 Å².